The summed E-state index contributed by atoms with van der Waals surface area (Å²) in [6.45, 7) is 22.3. The van der Waals surface area contributed by atoms with E-state index in [4.69, 9.17) is 17.8 Å². The van der Waals surface area contributed by atoms with E-state index < -0.39 is 62.0 Å². The molecule has 0 saturated carbocycles. The van der Waals surface area contributed by atoms with Gasteiger partial charge in [0.2, 0.25) is 0 Å². The molecule has 222 valence electrons. The maximum Gasteiger partial charge on any atom is 0.330 e. The topological polar surface area (TPSA) is 138 Å². The molecule has 1 spiro atoms. The molecule has 1 aromatic rings. The first-order chi connectivity index (χ1) is 17.5. The van der Waals surface area contributed by atoms with E-state index in [-0.39, 0.29) is 22.4 Å². The second-order valence-electron chi connectivity index (χ2n) is 13.5. The van der Waals surface area contributed by atoms with Crippen LogP contribution in [0.15, 0.2) is 26.9 Å². The Balaban J connectivity index is 2.27. The van der Waals surface area contributed by atoms with E-state index in [1.165, 1.54) is 10.8 Å². The first-order valence-electron chi connectivity index (χ1n) is 13.1. The van der Waals surface area contributed by atoms with Gasteiger partial charge in [-0.3, -0.25) is 14.3 Å². The second kappa shape index (κ2) is 10.1. The SMILES string of the molecule is CNC1=CS(=O)(=O)O[C@@]12[C@@H](CO[Si](C)(C)C(C)(C)C)O[C@@H](n1cc(C)c(=O)[nH]c1=O)[C@@H]2O[Si](C)(C)C(C)(C)C. The van der Waals surface area contributed by atoms with Gasteiger partial charge in [0, 0.05) is 18.8 Å². The zero-order valence-corrected chi connectivity index (χ0v) is 28.0. The standard InChI is InChI=1S/C25H45N3O8SSi2/c1-16-13-28(22(30)27-20(16)29)21-19(35-39(11,12)24(5,6)7)25(17(26-8)15-37(31,32)36-25)18(34-21)14-33-38(9,10)23(2,3)4/h13,15,18-19,21,26H,14H2,1-12H3,(H,27,29,30)/t18-,19+,21-,25-/m1/s1. The van der Waals surface area contributed by atoms with Gasteiger partial charge in [-0.15, -0.1) is 0 Å². The molecule has 0 amide bonds. The molecule has 0 bridgehead atoms. The Bertz CT molecular complexity index is 1350. The van der Waals surface area contributed by atoms with Crippen LogP contribution >= 0.6 is 0 Å². The van der Waals surface area contributed by atoms with Crippen molar-refractivity contribution in [1.29, 1.82) is 0 Å². The van der Waals surface area contributed by atoms with Gasteiger partial charge in [0.05, 0.1) is 17.7 Å². The zero-order chi connectivity index (χ0) is 30.0. The smallest absolute Gasteiger partial charge is 0.330 e. The van der Waals surface area contributed by atoms with E-state index in [0.717, 1.165) is 5.41 Å². The molecular weight excluding hydrogens is 559 g/mol. The van der Waals surface area contributed by atoms with Gasteiger partial charge >= 0.3 is 5.69 Å². The third-order valence-electron chi connectivity index (χ3n) is 8.72. The van der Waals surface area contributed by atoms with Crippen molar-refractivity contribution in [2.45, 2.75) is 109 Å². The number of hydrogen-bond acceptors (Lipinski definition) is 9. The maximum absolute atomic E-state index is 13.1. The van der Waals surface area contributed by atoms with Crippen LogP contribution in [0, 0.1) is 6.92 Å². The average molecular weight is 604 g/mol. The third-order valence-corrected chi connectivity index (χ3v) is 18.7. The molecule has 3 rings (SSSR count). The largest absolute Gasteiger partial charge is 0.414 e. The van der Waals surface area contributed by atoms with Crippen molar-refractivity contribution >= 4 is 26.8 Å². The molecule has 0 aromatic carbocycles. The summed E-state index contributed by atoms with van der Waals surface area (Å²) in [7, 11) is -7.45. The van der Waals surface area contributed by atoms with Crippen LogP contribution in [0.4, 0.5) is 0 Å². The van der Waals surface area contributed by atoms with Crippen LogP contribution in [0.25, 0.3) is 0 Å². The van der Waals surface area contributed by atoms with E-state index in [2.05, 4.69) is 64.9 Å². The van der Waals surface area contributed by atoms with E-state index in [0.29, 0.717) is 5.56 Å². The Morgan fingerprint density at radius 2 is 1.64 bits per heavy atom. The highest BCUT2D eigenvalue weighted by Crippen LogP contribution is 2.52. The fourth-order valence-corrected chi connectivity index (χ4v) is 7.80. The second-order valence-corrected chi connectivity index (χ2v) is 24.5. The molecule has 2 N–H and O–H groups in total. The Morgan fingerprint density at radius 1 is 1.08 bits per heavy atom. The Labute approximate surface area is 233 Å². The summed E-state index contributed by atoms with van der Waals surface area (Å²) in [5.41, 5.74) is -2.31. The van der Waals surface area contributed by atoms with E-state index in [1.807, 2.05) is 13.1 Å². The average Bonchev–Trinajstić information content (AvgIpc) is 3.20. The number of H-pyrrole nitrogens is 1. The van der Waals surface area contributed by atoms with Crippen LogP contribution in [-0.4, -0.2) is 66.1 Å². The highest BCUT2D eigenvalue weighted by molar-refractivity contribution is 7.90. The lowest BCUT2D eigenvalue weighted by atomic mass is 9.89. The molecule has 39 heavy (non-hydrogen) atoms. The van der Waals surface area contributed by atoms with E-state index in [1.54, 1.807) is 14.0 Å². The predicted octanol–water partition coefficient (Wildman–Crippen LogP) is 3.31. The summed E-state index contributed by atoms with van der Waals surface area (Å²) < 4.78 is 53.1. The van der Waals surface area contributed by atoms with Crippen molar-refractivity contribution in [3.8, 4) is 0 Å². The summed E-state index contributed by atoms with van der Waals surface area (Å²) in [6, 6.07) is 0. The summed E-state index contributed by atoms with van der Waals surface area (Å²) in [5, 5.41) is 3.66. The molecule has 1 aromatic heterocycles. The van der Waals surface area contributed by atoms with Crippen LogP contribution in [-0.2, 0) is 27.9 Å². The molecule has 4 atom stereocenters. The van der Waals surface area contributed by atoms with Gasteiger partial charge in [-0.25, -0.2) is 8.98 Å². The molecule has 0 unspecified atom stereocenters. The minimum atomic E-state index is -4.13. The van der Waals surface area contributed by atoms with Crippen molar-refractivity contribution in [3.63, 3.8) is 0 Å². The first kappa shape index (κ1) is 32.0. The summed E-state index contributed by atoms with van der Waals surface area (Å²) in [6.07, 6.45) is -1.72. The Hall–Kier alpha value is -1.56. The lowest BCUT2D eigenvalue weighted by molar-refractivity contribution is -0.0568. The molecule has 1 saturated heterocycles. The molecule has 1 fully saturated rings. The minimum Gasteiger partial charge on any atom is -0.414 e. The maximum atomic E-state index is 13.1. The molecule has 0 radical (unpaired) electrons. The number of nitrogens with one attached hydrogen (secondary N) is 2. The highest BCUT2D eigenvalue weighted by atomic mass is 32.2. The number of ether oxygens (including phenoxy) is 1. The van der Waals surface area contributed by atoms with E-state index in [9.17, 15) is 18.0 Å². The highest BCUT2D eigenvalue weighted by Gasteiger charge is 2.67. The van der Waals surface area contributed by atoms with Gasteiger partial charge in [-0.2, -0.15) is 8.42 Å². The van der Waals surface area contributed by atoms with Crippen molar-refractivity contribution < 1.29 is 26.2 Å². The van der Waals surface area contributed by atoms with Gasteiger partial charge in [0.15, 0.2) is 28.5 Å². The molecule has 2 aliphatic rings. The van der Waals surface area contributed by atoms with Crippen molar-refractivity contribution in [1.82, 2.24) is 14.9 Å². The van der Waals surface area contributed by atoms with Gasteiger partial charge in [-0.1, -0.05) is 41.5 Å². The summed E-state index contributed by atoms with van der Waals surface area (Å²) >= 11 is 0. The quantitative estimate of drug-likeness (QED) is 0.355. The van der Waals surface area contributed by atoms with Crippen molar-refractivity contribution in [2.75, 3.05) is 13.7 Å². The normalized spacial score (nSPS) is 27.7. The predicted molar refractivity (Wildman–Crippen MR) is 155 cm³/mol. The minimum absolute atomic E-state index is 0.00990. The Kier molecular flexibility index (Phi) is 8.25. The Morgan fingerprint density at radius 3 is 2.15 bits per heavy atom. The summed E-state index contributed by atoms with van der Waals surface area (Å²) in [5.74, 6) is 0. The van der Waals surface area contributed by atoms with Crippen LogP contribution < -0.4 is 16.6 Å². The lowest BCUT2D eigenvalue weighted by Crippen LogP contribution is -2.59. The molecule has 11 nitrogen and oxygen atoms in total. The number of aromatic nitrogens is 2. The number of rotatable bonds is 7. The third kappa shape index (κ3) is 5.79. The van der Waals surface area contributed by atoms with Crippen molar-refractivity contribution in [3.05, 3.63) is 43.7 Å². The fourth-order valence-electron chi connectivity index (χ4n) is 4.21. The number of likely N-dealkylation sites (N-methyl/N-ethyl adjacent to an activating group) is 1. The van der Waals surface area contributed by atoms with Crippen LogP contribution in [0.2, 0.25) is 36.3 Å². The molecule has 14 heteroatoms. The number of aryl methyl sites for hydroxylation is 1. The van der Waals surface area contributed by atoms with Gasteiger partial charge in [0.25, 0.3) is 15.7 Å². The van der Waals surface area contributed by atoms with Crippen LogP contribution in [0.5, 0.6) is 0 Å². The van der Waals surface area contributed by atoms with Gasteiger partial charge < -0.3 is 18.9 Å². The van der Waals surface area contributed by atoms with Gasteiger partial charge in [-0.05, 0) is 43.2 Å². The molecule has 0 aliphatic carbocycles. The monoisotopic (exact) mass is 603 g/mol. The van der Waals surface area contributed by atoms with Crippen LogP contribution in [0.1, 0.15) is 53.3 Å². The number of nitrogens with zero attached hydrogens (tertiary/aromatic N) is 1. The number of hydrogen-bond donors (Lipinski definition) is 2. The van der Waals surface area contributed by atoms with E-state index >= 15 is 0 Å². The first-order valence-corrected chi connectivity index (χ1v) is 20.4. The fraction of sp³-hybridized carbons (Fsp3) is 0.760. The molecule has 2 aliphatic heterocycles. The summed E-state index contributed by atoms with van der Waals surface area (Å²) in [4.78, 5) is 27.6. The molecular formula is C25H45N3O8SSi2. The molecule has 3 heterocycles. The van der Waals surface area contributed by atoms with Crippen LogP contribution in [0.3, 0.4) is 0 Å². The van der Waals surface area contributed by atoms with Crippen molar-refractivity contribution in [2.24, 2.45) is 0 Å². The van der Waals surface area contributed by atoms with Gasteiger partial charge in [0.1, 0.15) is 12.2 Å². The lowest BCUT2D eigenvalue weighted by Gasteiger charge is -2.44. The number of aromatic amines is 1. The zero-order valence-electron chi connectivity index (χ0n) is 25.2.